The first-order chi connectivity index (χ1) is 5.54. The second-order valence-corrected chi connectivity index (χ2v) is 3.72. The summed E-state index contributed by atoms with van der Waals surface area (Å²) in [4.78, 5) is 10.4. The van der Waals surface area contributed by atoms with Gasteiger partial charge < -0.3 is 17.0 Å². The molecule has 1 rings (SSSR count). The van der Waals surface area contributed by atoms with E-state index in [1.54, 1.807) is 0 Å². The highest BCUT2D eigenvalue weighted by Crippen LogP contribution is 2.16. The van der Waals surface area contributed by atoms with Gasteiger partial charge in [-0.15, -0.1) is 0 Å². The van der Waals surface area contributed by atoms with Gasteiger partial charge in [-0.2, -0.15) is 0 Å². The summed E-state index contributed by atoms with van der Waals surface area (Å²) in [6.07, 6.45) is 0.861. The van der Waals surface area contributed by atoms with Crippen molar-refractivity contribution in [1.82, 2.24) is 4.48 Å². The van der Waals surface area contributed by atoms with Crippen LogP contribution in [0.1, 0.15) is 10.4 Å². The molecular formula is C10H14BrNO. The Hall–Kier alpha value is -0.670. The van der Waals surface area contributed by atoms with Gasteiger partial charge >= 0.3 is 0 Å². The molecule has 13 heavy (non-hydrogen) atoms. The minimum atomic E-state index is 0. The van der Waals surface area contributed by atoms with Gasteiger partial charge in [0.25, 0.3) is 0 Å². The highest BCUT2D eigenvalue weighted by Gasteiger charge is 2.10. The Morgan fingerprint density at radius 1 is 1.08 bits per heavy atom. The van der Waals surface area contributed by atoms with Crippen LogP contribution in [0.25, 0.3) is 0 Å². The van der Waals surface area contributed by atoms with E-state index >= 15 is 0 Å². The smallest absolute Gasteiger partial charge is 0.150 e. The number of carbonyl (C=O) groups excluding carboxylic acids is 1. The van der Waals surface area contributed by atoms with E-state index < -0.39 is 0 Å². The molecule has 1 aromatic rings. The molecule has 0 heterocycles. The van der Waals surface area contributed by atoms with Crippen molar-refractivity contribution in [2.45, 2.75) is 0 Å². The molecule has 0 saturated carbocycles. The van der Waals surface area contributed by atoms with Crippen LogP contribution in [0, 0.1) is 0 Å². The van der Waals surface area contributed by atoms with Crippen LogP contribution >= 0.6 is 0 Å². The summed E-state index contributed by atoms with van der Waals surface area (Å²) in [7, 11) is 6.28. The van der Waals surface area contributed by atoms with E-state index in [1.165, 1.54) is 5.69 Å². The van der Waals surface area contributed by atoms with E-state index in [0.717, 1.165) is 16.3 Å². The first kappa shape index (κ1) is 12.3. The number of hydrogen-bond acceptors (Lipinski definition) is 1. The SMILES string of the molecule is C[N+](C)(C)c1ccc(C=O)cc1.[Br-]. The summed E-state index contributed by atoms with van der Waals surface area (Å²) in [6.45, 7) is 0. The third kappa shape index (κ3) is 3.28. The highest BCUT2D eigenvalue weighted by molar-refractivity contribution is 5.75. The number of benzene rings is 1. The maximum Gasteiger partial charge on any atom is 0.150 e. The average molecular weight is 244 g/mol. The Morgan fingerprint density at radius 2 is 1.54 bits per heavy atom. The number of carbonyl (C=O) groups is 1. The van der Waals surface area contributed by atoms with Crippen LogP contribution in [-0.4, -0.2) is 27.4 Å². The summed E-state index contributed by atoms with van der Waals surface area (Å²) in [5, 5.41) is 0. The number of hydrogen-bond donors (Lipinski definition) is 0. The second kappa shape index (κ2) is 4.53. The highest BCUT2D eigenvalue weighted by atomic mass is 79.9. The van der Waals surface area contributed by atoms with Crippen molar-refractivity contribution in [2.24, 2.45) is 0 Å². The zero-order chi connectivity index (χ0) is 9.19. The Labute approximate surface area is 89.5 Å². The maximum atomic E-state index is 10.4. The lowest BCUT2D eigenvalue weighted by molar-refractivity contribution is -0.00000916. The van der Waals surface area contributed by atoms with Gasteiger partial charge in [0.05, 0.1) is 21.1 Å². The predicted octanol–water partition coefficient (Wildman–Crippen LogP) is -1.30. The van der Waals surface area contributed by atoms with Crippen molar-refractivity contribution in [3.8, 4) is 0 Å². The monoisotopic (exact) mass is 243 g/mol. The standard InChI is InChI=1S/C10H14NO.BrH/c1-11(2,3)10-6-4-9(8-12)5-7-10;/h4-8H,1-3H3;1H/q+1;/p-1. The Balaban J connectivity index is 0.00000144. The third-order valence-corrected chi connectivity index (χ3v) is 1.80. The lowest BCUT2D eigenvalue weighted by atomic mass is 10.2. The van der Waals surface area contributed by atoms with Crippen molar-refractivity contribution in [1.29, 1.82) is 0 Å². The molecule has 1 aromatic carbocycles. The van der Waals surface area contributed by atoms with Crippen molar-refractivity contribution < 1.29 is 21.8 Å². The van der Waals surface area contributed by atoms with E-state index in [-0.39, 0.29) is 17.0 Å². The number of quaternary nitrogens is 1. The molecule has 0 aliphatic rings. The van der Waals surface area contributed by atoms with Gasteiger partial charge in [0, 0.05) is 5.56 Å². The quantitative estimate of drug-likeness (QED) is 0.467. The molecule has 0 unspecified atom stereocenters. The van der Waals surface area contributed by atoms with Crippen molar-refractivity contribution in [3.63, 3.8) is 0 Å². The summed E-state index contributed by atoms with van der Waals surface area (Å²) in [5.41, 5.74) is 1.92. The van der Waals surface area contributed by atoms with Gasteiger partial charge in [-0.1, -0.05) is 0 Å². The molecule has 3 heteroatoms. The molecule has 0 bridgehead atoms. The van der Waals surface area contributed by atoms with Crippen LogP contribution in [0.4, 0.5) is 5.69 Å². The molecule has 0 saturated heterocycles. The number of nitrogens with zero attached hydrogens (tertiary/aromatic N) is 1. The fourth-order valence-electron chi connectivity index (χ4n) is 1.00. The van der Waals surface area contributed by atoms with Crippen LogP contribution in [0.5, 0.6) is 0 Å². The fraction of sp³-hybridized carbons (Fsp3) is 0.300. The van der Waals surface area contributed by atoms with E-state index in [9.17, 15) is 4.79 Å². The Morgan fingerprint density at radius 3 is 1.85 bits per heavy atom. The number of aldehydes is 1. The third-order valence-electron chi connectivity index (χ3n) is 1.80. The first-order valence-corrected chi connectivity index (χ1v) is 3.91. The Kier molecular flexibility index (Phi) is 4.30. The molecule has 2 nitrogen and oxygen atoms in total. The first-order valence-electron chi connectivity index (χ1n) is 3.91. The van der Waals surface area contributed by atoms with Crippen molar-refractivity contribution >= 4 is 12.0 Å². The lowest BCUT2D eigenvalue weighted by Crippen LogP contribution is -3.00. The van der Waals surface area contributed by atoms with Gasteiger partial charge in [0.2, 0.25) is 0 Å². The van der Waals surface area contributed by atoms with Crippen LogP contribution < -0.4 is 21.5 Å². The zero-order valence-electron chi connectivity index (χ0n) is 8.12. The Bertz CT molecular complexity index is 274. The second-order valence-electron chi connectivity index (χ2n) is 3.72. The largest absolute Gasteiger partial charge is 1.00 e. The fourth-order valence-corrected chi connectivity index (χ4v) is 1.00. The molecule has 0 aliphatic heterocycles. The number of halogens is 1. The minimum absolute atomic E-state index is 0. The van der Waals surface area contributed by atoms with E-state index in [2.05, 4.69) is 21.1 Å². The molecule has 0 aliphatic carbocycles. The predicted molar refractivity (Wildman–Crippen MR) is 51.4 cm³/mol. The normalized spacial score (nSPS) is 10.4. The van der Waals surface area contributed by atoms with Crippen molar-refractivity contribution in [3.05, 3.63) is 29.8 Å². The molecule has 0 N–H and O–H groups in total. The molecule has 0 fully saturated rings. The van der Waals surface area contributed by atoms with Crippen LogP contribution in [0.2, 0.25) is 0 Å². The van der Waals surface area contributed by atoms with Crippen LogP contribution in [0.3, 0.4) is 0 Å². The molecular weight excluding hydrogens is 230 g/mol. The molecule has 0 spiro atoms. The van der Waals surface area contributed by atoms with E-state index in [0.29, 0.717) is 0 Å². The topological polar surface area (TPSA) is 17.1 Å². The van der Waals surface area contributed by atoms with Crippen molar-refractivity contribution in [2.75, 3.05) is 21.1 Å². The molecule has 72 valence electrons. The van der Waals surface area contributed by atoms with Gasteiger partial charge in [-0.05, 0) is 24.3 Å². The average Bonchev–Trinajstić information content (AvgIpc) is 2.03. The molecule has 0 aromatic heterocycles. The summed E-state index contributed by atoms with van der Waals surface area (Å²) >= 11 is 0. The van der Waals surface area contributed by atoms with Gasteiger partial charge in [0.1, 0.15) is 12.0 Å². The number of rotatable bonds is 2. The summed E-state index contributed by atoms with van der Waals surface area (Å²) in [5.74, 6) is 0. The summed E-state index contributed by atoms with van der Waals surface area (Å²) in [6, 6.07) is 7.63. The van der Waals surface area contributed by atoms with Crippen LogP contribution in [-0.2, 0) is 0 Å². The zero-order valence-corrected chi connectivity index (χ0v) is 9.71. The van der Waals surface area contributed by atoms with Gasteiger partial charge in [-0.3, -0.25) is 9.28 Å². The van der Waals surface area contributed by atoms with E-state index in [4.69, 9.17) is 0 Å². The van der Waals surface area contributed by atoms with Gasteiger partial charge in [0.15, 0.2) is 0 Å². The minimum Gasteiger partial charge on any atom is -1.00 e. The molecule has 0 radical (unpaired) electrons. The van der Waals surface area contributed by atoms with Crippen LogP contribution in [0.15, 0.2) is 24.3 Å². The lowest BCUT2D eigenvalue weighted by Gasteiger charge is -2.23. The van der Waals surface area contributed by atoms with E-state index in [1.807, 2.05) is 24.3 Å². The molecule has 0 atom stereocenters. The van der Waals surface area contributed by atoms with Gasteiger partial charge in [-0.25, -0.2) is 0 Å². The summed E-state index contributed by atoms with van der Waals surface area (Å²) < 4.78 is 0.777. The molecule has 0 amide bonds. The maximum absolute atomic E-state index is 10.4.